The number of aryl methyl sites for hydroxylation is 7. The summed E-state index contributed by atoms with van der Waals surface area (Å²) in [5.41, 5.74) is 23.0. The molecule has 2 heterocycles. The van der Waals surface area contributed by atoms with E-state index in [1.807, 2.05) is 48.8 Å². The minimum Gasteiger partial charge on any atom is -0.369 e. The number of piperazine rings is 1. The van der Waals surface area contributed by atoms with Crippen LogP contribution >= 0.6 is 0 Å². The highest BCUT2D eigenvalue weighted by Gasteiger charge is 2.19. The number of nitrogens with one attached hydrogen (secondary N) is 9. The number of para-hydroxylation sites is 1. The van der Waals surface area contributed by atoms with Crippen LogP contribution in [0, 0.1) is 54.3 Å². The molecular formula is C120H187FN12O. The predicted octanol–water partition coefficient (Wildman–Crippen LogP) is 24.2. The molecular weight excluding hydrogens is 1640 g/mol. The molecule has 0 aliphatic carbocycles. The van der Waals surface area contributed by atoms with Crippen molar-refractivity contribution in [3.63, 3.8) is 0 Å². The van der Waals surface area contributed by atoms with Gasteiger partial charge in [-0.3, -0.25) is 14.7 Å². The lowest BCUT2D eigenvalue weighted by molar-refractivity contribution is 0.101. The standard InChI is InChI=1S/C13H20N2.C13H19NO.C12H18FN.6C12H19N.C10H16N2/c1-12(2)14-8-10-15(11-9-14)13-6-4-3-5-7-13;1-10(2)14-9-8-12-4-6-13(7-5-12)11(3)15;1-9(2)14-7-6-11-5-4-10(3)12(13)8-11;6*1-10(2)13-9-8-12-6-4-11(3)5-7-12;1-9(2)12-8-5-10-3-6-11-7-4-10/h3-7,12H,8-11H2,1-2H3;4-7,10,14H,8-9H2,1-3H3;4-5,8-9,14H,6-7H2,1-3H3;6*4-7,10,13H,8-9H2,1-3H3;3-4,6-7,9,12H,5,8H2,1-2H3. The maximum atomic E-state index is 13.1. The van der Waals surface area contributed by atoms with Gasteiger partial charge in [-0.15, -0.1) is 0 Å². The van der Waals surface area contributed by atoms with E-state index in [9.17, 15) is 9.18 Å². The summed E-state index contributed by atoms with van der Waals surface area (Å²) < 4.78 is 13.1. The third-order valence-corrected chi connectivity index (χ3v) is 21.9. The zero-order valence-electron chi connectivity index (χ0n) is 89.1. The number of hydrogen-bond acceptors (Lipinski definition) is 13. The fourth-order valence-electron chi connectivity index (χ4n) is 13.5. The number of ketones is 1. The number of nitrogens with zero attached hydrogens (tertiary/aromatic N) is 3. The van der Waals surface area contributed by atoms with E-state index in [-0.39, 0.29) is 11.6 Å². The van der Waals surface area contributed by atoms with Gasteiger partial charge in [-0.2, -0.15) is 0 Å². The number of benzene rings is 9. The van der Waals surface area contributed by atoms with Crippen LogP contribution in [-0.2, 0) is 57.8 Å². The maximum absolute atomic E-state index is 13.1. The summed E-state index contributed by atoms with van der Waals surface area (Å²) in [5.74, 6) is 0.0221. The van der Waals surface area contributed by atoms with Gasteiger partial charge < -0.3 is 52.8 Å². The molecule has 1 aliphatic heterocycles. The van der Waals surface area contributed by atoms with Crippen molar-refractivity contribution in [2.45, 2.75) is 312 Å². The monoisotopic (exact) mass is 1830 g/mol. The van der Waals surface area contributed by atoms with Crippen molar-refractivity contribution in [3.8, 4) is 0 Å². The Kier molecular flexibility index (Phi) is 67.2. The van der Waals surface area contributed by atoms with Gasteiger partial charge in [-0.1, -0.05) is 358 Å². The normalized spacial score (nSPS) is 11.6. The topological polar surface area (TPSA) is 145 Å². The van der Waals surface area contributed by atoms with Crippen LogP contribution in [0.3, 0.4) is 0 Å². The van der Waals surface area contributed by atoms with Gasteiger partial charge in [0.2, 0.25) is 0 Å². The van der Waals surface area contributed by atoms with Gasteiger partial charge in [0, 0.05) is 110 Å². The van der Waals surface area contributed by atoms with Crippen molar-refractivity contribution in [2.75, 3.05) is 90.0 Å². The second-order valence-electron chi connectivity index (χ2n) is 38.8. The molecule has 1 saturated heterocycles. The molecule has 740 valence electrons. The van der Waals surface area contributed by atoms with Crippen molar-refractivity contribution in [2.24, 2.45) is 0 Å². The average molecular weight is 1830 g/mol. The molecule has 13 nitrogen and oxygen atoms in total. The van der Waals surface area contributed by atoms with Crippen LogP contribution in [0.4, 0.5) is 10.1 Å². The van der Waals surface area contributed by atoms with Crippen LogP contribution in [0.2, 0.25) is 0 Å². The van der Waals surface area contributed by atoms with Gasteiger partial charge in [0.25, 0.3) is 0 Å². The number of carbonyl (C=O) groups is 1. The lowest BCUT2D eigenvalue weighted by atomic mass is 10.1. The molecule has 134 heavy (non-hydrogen) atoms. The van der Waals surface area contributed by atoms with Crippen LogP contribution in [0.15, 0.2) is 243 Å². The van der Waals surface area contributed by atoms with Gasteiger partial charge in [-0.25, -0.2) is 4.39 Å². The number of Topliss-reactive ketones (excluding diaryl/α,β-unsaturated/α-hetero) is 1. The van der Waals surface area contributed by atoms with E-state index in [2.05, 4.69) is 431 Å². The molecule has 1 aliphatic rings. The highest BCUT2D eigenvalue weighted by molar-refractivity contribution is 5.94. The Hall–Kier alpha value is -8.87. The summed E-state index contributed by atoms with van der Waals surface area (Å²) in [6, 6.07) is 86.4. The zero-order chi connectivity index (χ0) is 99.4. The molecule has 9 N–H and O–H groups in total. The van der Waals surface area contributed by atoms with Gasteiger partial charge in [0.05, 0.1) is 0 Å². The van der Waals surface area contributed by atoms with E-state index in [4.69, 9.17) is 0 Å². The number of hydrogen-bond donors (Lipinski definition) is 9. The van der Waals surface area contributed by atoms with E-state index in [1.165, 1.54) is 96.7 Å². The molecule has 1 aromatic heterocycles. The Labute approximate surface area is 818 Å². The van der Waals surface area contributed by atoms with Gasteiger partial charge >= 0.3 is 0 Å². The second kappa shape index (κ2) is 74.3. The average Bonchev–Trinajstić information content (AvgIpc) is 0.853. The number of aromatic nitrogens is 1. The van der Waals surface area contributed by atoms with E-state index in [0.29, 0.717) is 66.0 Å². The molecule has 0 atom stereocenters. The molecule has 0 bridgehead atoms. The summed E-state index contributed by atoms with van der Waals surface area (Å²) in [7, 11) is 0. The lowest BCUT2D eigenvalue weighted by Gasteiger charge is -2.38. The number of pyridine rings is 1. The number of rotatable bonds is 39. The lowest BCUT2D eigenvalue weighted by Crippen LogP contribution is -2.48. The van der Waals surface area contributed by atoms with E-state index < -0.39 is 0 Å². The maximum Gasteiger partial charge on any atom is 0.159 e. The van der Waals surface area contributed by atoms with E-state index in [0.717, 1.165) is 141 Å². The second-order valence-corrected chi connectivity index (χ2v) is 38.8. The van der Waals surface area contributed by atoms with Crippen molar-refractivity contribution >= 4 is 11.5 Å². The first-order valence-electron chi connectivity index (χ1n) is 50.6. The Morgan fingerprint density at radius 2 is 0.485 bits per heavy atom. The SMILES string of the molecule is CC(=O)c1ccc(CCNC(C)C)cc1.CC(C)N1CCN(c2ccccc2)CC1.CC(C)NCCc1ccncc1.Cc1ccc(CCNC(C)C)cc1.Cc1ccc(CCNC(C)C)cc1.Cc1ccc(CCNC(C)C)cc1.Cc1ccc(CCNC(C)C)cc1.Cc1ccc(CCNC(C)C)cc1.Cc1ccc(CCNC(C)C)cc1.Cc1ccc(CCNC(C)C)cc1F. The molecule has 0 spiro atoms. The molecule has 0 amide bonds. The van der Waals surface area contributed by atoms with E-state index in [1.54, 1.807) is 19.9 Å². The van der Waals surface area contributed by atoms with Crippen molar-refractivity contribution in [1.29, 1.82) is 0 Å². The summed E-state index contributed by atoms with van der Waals surface area (Å²) in [4.78, 5) is 20.0. The van der Waals surface area contributed by atoms with Crippen LogP contribution in [0.5, 0.6) is 0 Å². The molecule has 9 aromatic carbocycles. The Bertz CT molecular complexity index is 4000. The third kappa shape index (κ3) is 66.5. The summed E-state index contributed by atoms with van der Waals surface area (Å²) >= 11 is 0. The largest absolute Gasteiger partial charge is 0.369 e. The molecule has 11 rings (SSSR count). The Balaban J connectivity index is 0.000000504. The molecule has 10 aromatic rings. The third-order valence-electron chi connectivity index (χ3n) is 21.9. The van der Waals surface area contributed by atoms with Crippen molar-refractivity contribution < 1.29 is 9.18 Å². The first-order valence-corrected chi connectivity index (χ1v) is 50.6. The summed E-state index contributed by atoms with van der Waals surface area (Å²) in [6.07, 6.45) is 13.4. The van der Waals surface area contributed by atoms with Crippen LogP contribution in [0.1, 0.15) is 245 Å². The number of carbonyl (C=O) groups excluding carboxylic acids is 1. The number of halogens is 1. The van der Waals surface area contributed by atoms with E-state index >= 15 is 0 Å². The first kappa shape index (κ1) is 121. The van der Waals surface area contributed by atoms with Gasteiger partial charge in [0.15, 0.2) is 5.78 Å². The fraction of sp³-hybridized carbons (Fsp3) is 0.500. The van der Waals surface area contributed by atoms with Crippen LogP contribution in [0.25, 0.3) is 0 Å². The quantitative estimate of drug-likeness (QED) is 0.0169. The van der Waals surface area contributed by atoms with Crippen molar-refractivity contribution in [1.82, 2.24) is 57.7 Å². The molecule has 1 fully saturated rings. The molecule has 0 saturated carbocycles. The van der Waals surface area contributed by atoms with Crippen molar-refractivity contribution in [3.05, 3.63) is 343 Å². The highest BCUT2D eigenvalue weighted by Crippen LogP contribution is 2.18. The fourth-order valence-corrected chi connectivity index (χ4v) is 13.5. The highest BCUT2D eigenvalue weighted by atomic mass is 19.1. The smallest absolute Gasteiger partial charge is 0.159 e. The molecule has 0 unspecified atom stereocenters. The van der Waals surface area contributed by atoms with Gasteiger partial charge in [-0.05, 0) is 272 Å². The first-order chi connectivity index (χ1) is 63.8. The van der Waals surface area contributed by atoms with Crippen LogP contribution < -0.4 is 52.8 Å². The van der Waals surface area contributed by atoms with Crippen LogP contribution in [-0.4, -0.2) is 161 Å². The summed E-state index contributed by atoms with van der Waals surface area (Å²) in [6.45, 7) is 73.6. The Morgan fingerprint density at radius 3 is 0.694 bits per heavy atom. The predicted molar refractivity (Wildman–Crippen MR) is 586 cm³/mol. The van der Waals surface area contributed by atoms with Gasteiger partial charge in [0.1, 0.15) is 5.82 Å². The minimum atomic E-state index is -0.105. The molecule has 14 heteroatoms. The molecule has 0 radical (unpaired) electrons. The number of anilines is 1. The zero-order valence-corrected chi connectivity index (χ0v) is 89.1. The Morgan fingerprint density at radius 1 is 0.276 bits per heavy atom. The summed E-state index contributed by atoms with van der Waals surface area (Å²) in [5, 5.41) is 30.5. The minimum absolute atomic E-state index is 0.105.